The SMILES string of the molecule is CCc1cccc(Nc2cc(C(=O)O)ccn2)c1. The lowest BCUT2D eigenvalue weighted by Crippen LogP contribution is -2.00. The van der Waals surface area contributed by atoms with Crippen molar-refractivity contribution < 1.29 is 9.90 Å². The summed E-state index contributed by atoms with van der Waals surface area (Å²) in [5.74, 6) is -0.425. The van der Waals surface area contributed by atoms with E-state index in [1.54, 1.807) is 0 Å². The van der Waals surface area contributed by atoms with Crippen molar-refractivity contribution in [3.05, 3.63) is 53.7 Å². The van der Waals surface area contributed by atoms with Crippen molar-refractivity contribution in [3.63, 3.8) is 0 Å². The molecule has 0 aliphatic heterocycles. The molecule has 0 fully saturated rings. The maximum absolute atomic E-state index is 10.9. The fraction of sp³-hybridized carbons (Fsp3) is 0.143. The normalized spacial score (nSPS) is 10.1. The molecule has 0 spiro atoms. The number of aryl methyl sites for hydroxylation is 1. The highest BCUT2D eigenvalue weighted by molar-refractivity contribution is 5.88. The molecular formula is C14H14N2O2. The van der Waals surface area contributed by atoms with Crippen molar-refractivity contribution in [2.45, 2.75) is 13.3 Å². The molecule has 2 rings (SSSR count). The van der Waals surface area contributed by atoms with Gasteiger partial charge in [0.2, 0.25) is 0 Å². The summed E-state index contributed by atoms with van der Waals surface area (Å²) in [7, 11) is 0. The lowest BCUT2D eigenvalue weighted by molar-refractivity contribution is 0.0697. The van der Waals surface area contributed by atoms with Gasteiger partial charge in [0.05, 0.1) is 5.56 Å². The van der Waals surface area contributed by atoms with Crippen LogP contribution in [0.25, 0.3) is 0 Å². The number of carbonyl (C=O) groups is 1. The predicted octanol–water partition coefficient (Wildman–Crippen LogP) is 3.09. The highest BCUT2D eigenvalue weighted by Crippen LogP contribution is 2.17. The van der Waals surface area contributed by atoms with E-state index in [-0.39, 0.29) is 5.56 Å². The van der Waals surface area contributed by atoms with Crippen LogP contribution in [0.1, 0.15) is 22.8 Å². The van der Waals surface area contributed by atoms with Crippen molar-refractivity contribution in [2.75, 3.05) is 5.32 Å². The van der Waals surface area contributed by atoms with Crippen molar-refractivity contribution >= 4 is 17.5 Å². The molecule has 0 aliphatic rings. The van der Waals surface area contributed by atoms with Crippen LogP contribution in [0.4, 0.5) is 11.5 Å². The first-order valence-electron chi connectivity index (χ1n) is 5.74. The van der Waals surface area contributed by atoms with Gasteiger partial charge < -0.3 is 10.4 Å². The van der Waals surface area contributed by atoms with Gasteiger partial charge in [-0.2, -0.15) is 0 Å². The maximum atomic E-state index is 10.9. The molecule has 1 heterocycles. The van der Waals surface area contributed by atoms with Gasteiger partial charge in [-0.25, -0.2) is 9.78 Å². The molecule has 0 radical (unpaired) electrons. The van der Waals surface area contributed by atoms with Crippen LogP contribution in [0.15, 0.2) is 42.6 Å². The Balaban J connectivity index is 2.22. The van der Waals surface area contributed by atoms with Gasteiger partial charge in [-0.05, 0) is 36.2 Å². The minimum atomic E-state index is -0.956. The van der Waals surface area contributed by atoms with Crippen LogP contribution in [0.5, 0.6) is 0 Å². The highest BCUT2D eigenvalue weighted by atomic mass is 16.4. The Morgan fingerprint density at radius 2 is 2.17 bits per heavy atom. The quantitative estimate of drug-likeness (QED) is 0.864. The van der Waals surface area contributed by atoms with Gasteiger partial charge >= 0.3 is 5.97 Å². The first-order chi connectivity index (χ1) is 8.69. The number of pyridine rings is 1. The van der Waals surface area contributed by atoms with Gasteiger partial charge in [0.1, 0.15) is 5.82 Å². The number of carboxylic acids is 1. The summed E-state index contributed by atoms with van der Waals surface area (Å²) in [6.07, 6.45) is 2.44. The van der Waals surface area contributed by atoms with Gasteiger partial charge in [0.15, 0.2) is 0 Å². The van der Waals surface area contributed by atoms with Crippen LogP contribution in [0.3, 0.4) is 0 Å². The molecule has 1 aromatic carbocycles. The molecule has 0 unspecified atom stereocenters. The van der Waals surface area contributed by atoms with E-state index in [9.17, 15) is 4.79 Å². The van der Waals surface area contributed by atoms with E-state index >= 15 is 0 Å². The van der Waals surface area contributed by atoms with Crippen LogP contribution >= 0.6 is 0 Å². The molecule has 4 nitrogen and oxygen atoms in total. The zero-order chi connectivity index (χ0) is 13.0. The topological polar surface area (TPSA) is 62.2 Å². The van der Waals surface area contributed by atoms with Crippen LogP contribution in [-0.2, 0) is 6.42 Å². The van der Waals surface area contributed by atoms with Gasteiger partial charge in [-0.3, -0.25) is 0 Å². The molecular weight excluding hydrogens is 228 g/mol. The molecule has 18 heavy (non-hydrogen) atoms. The van der Waals surface area contributed by atoms with Crippen LogP contribution in [0.2, 0.25) is 0 Å². The Labute approximate surface area is 105 Å². The van der Waals surface area contributed by atoms with E-state index in [4.69, 9.17) is 5.11 Å². The van der Waals surface area contributed by atoms with E-state index in [1.807, 2.05) is 24.3 Å². The molecule has 0 atom stereocenters. The highest BCUT2D eigenvalue weighted by Gasteiger charge is 2.04. The van der Waals surface area contributed by atoms with Crippen molar-refractivity contribution in [3.8, 4) is 0 Å². The first-order valence-corrected chi connectivity index (χ1v) is 5.74. The molecule has 1 aromatic heterocycles. The zero-order valence-electron chi connectivity index (χ0n) is 10.1. The standard InChI is InChI=1S/C14H14N2O2/c1-2-10-4-3-5-12(8-10)16-13-9-11(14(17)18)6-7-15-13/h3-9H,2H2,1H3,(H,15,16)(H,17,18). The number of aromatic carboxylic acids is 1. The average molecular weight is 242 g/mol. The van der Waals surface area contributed by atoms with Crippen LogP contribution < -0.4 is 5.32 Å². The molecule has 0 bridgehead atoms. The molecule has 0 aliphatic carbocycles. The monoisotopic (exact) mass is 242 g/mol. The average Bonchev–Trinajstić information content (AvgIpc) is 2.39. The third kappa shape index (κ3) is 2.85. The summed E-state index contributed by atoms with van der Waals surface area (Å²) >= 11 is 0. The minimum absolute atomic E-state index is 0.221. The van der Waals surface area contributed by atoms with Crippen molar-refractivity contribution in [1.29, 1.82) is 0 Å². The number of carboxylic acid groups (broad SMARTS) is 1. The van der Waals surface area contributed by atoms with Gasteiger partial charge in [0.25, 0.3) is 0 Å². The molecule has 4 heteroatoms. The molecule has 2 aromatic rings. The zero-order valence-corrected chi connectivity index (χ0v) is 10.1. The number of hydrogen-bond donors (Lipinski definition) is 2. The van der Waals surface area contributed by atoms with Gasteiger partial charge in [-0.1, -0.05) is 19.1 Å². The molecule has 92 valence electrons. The molecule has 2 N–H and O–H groups in total. The second-order valence-electron chi connectivity index (χ2n) is 3.91. The number of hydrogen-bond acceptors (Lipinski definition) is 3. The Hall–Kier alpha value is -2.36. The van der Waals surface area contributed by atoms with E-state index in [2.05, 4.69) is 17.2 Å². The number of nitrogens with one attached hydrogen (secondary N) is 1. The van der Waals surface area contributed by atoms with Gasteiger partial charge in [-0.15, -0.1) is 0 Å². The summed E-state index contributed by atoms with van der Waals surface area (Å²) in [6, 6.07) is 10.9. The number of nitrogens with zero attached hydrogens (tertiary/aromatic N) is 1. The summed E-state index contributed by atoms with van der Waals surface area (Å²) in [5, 5.41) is 12.0. The number of aromatic nitrogens is 1. The van der Waals surface area contributed by atoms with Crippen molar-refractivity contribution in [1.82, 2.24) is 4.98 Å². The lowest BCUT2D eigenvalue weighted by Gasteiger charge is -2.07. The predicted molar refractivity (Wildman–Crippen MR) is 70.3 cm³/mol. The Morgan fingerprint density at radius 1 is 1.33 bits per heavy atom. The van der Waals surface area contributed by atoms with E-state index in [0.29, 0.717) is 5.82 Å². The Kier molecular flexibility index (Phi) is 3.57. The third-order valence-corrected chi connectivity index (χ3v) is 2.61. The smallest absolute Gasteiger partial charge is 0.335 e. The summed E-state index contributed by atoms with van der Waals surface area (Å²) in [4.78, 5) is 14.9. The molecule has 0 saturated carbocycles. The van der Waals surface area contributed by atoms with E-state index in [1.165, 1.54) is 23.9 Å². The third-order valence-electron chi connectivity index (χ3n) is 2.61. The molecule has 0 amide bonds. The lowest BCUT2D eigenvalue weighted by atomic mass is 10.1. The van der Waals surface area contributed by atoms with Gasteiger partial charge in [0, 0.05) is 11.9 Å². The first kappa shape index (κ1) is 12.1. The fourth-order valence-electron chi connectivity index (χ4n) is 1.65. The fourth-order valence-corrected chi connectivity index (χ4v) is 1.65. The minimum Gasteiger partial charge on any atom is -0.478 e. The number of anilines is 2. The summed E-state index contributed by atoms with van der Waals surface area (Å²) in [6.45, 7) is 2.09. The largest absolute Gasteiger partial charge is 0.478 e. The summed E-state index contributed by atoms with van der Waals surface area (Å²) < 4.78 is 0. The number of rotatable bonds is 4. The number of benzene rings is 1. The van der Waals surface area contributed by atoms with E-state index in [0.717, 1.165) is 12.1 Å². The second kappa shape index (κ2) is 5.31. The Bertz CT molecular complexity index is 567. The van der Waals surface area contributed by atoms with Crippen LogP contribution in [0, 0.1) is 0 Å². The Morgan fingerprint density at radius 3 is 2.89 bits per heavy atom. The maximum Gasteiger partial charge on any atom is 0.335 e. The van der Waals surface area contributed by atoms with Crippen LogP contribution in [-0.4, -0.2) is 16.1 Å². The summed E-state index contributed by atoms with van der Waals surface area (Å²) in [5.41, 5.74) is 2.35. The second-order valence-corrected chi connectivity index (χ2v) is 3.91. The van der Waals surface area contributed by atoms with Crippen molar-refractivity contribution in [2.24, 2.45) is 0 Å². The van der Waals surface area contributed by atoms with E-state index < -0.39 is 5.97 Å². The molecule has 0 saturated heterocycles.